The standard InChI is InChI=1S/C14H15FN4O/c1-9(12-16-8-17-19-12)18-13(20)14(6-7-14)10-4-2-3-5-11(10)15/h2-5,8-9H,6-7H2,1H3,(H,18,20)(H,16,17,19). The Morgan fingerprint density at radius 2 is 2.20 bits per heavy atom. The molecule has 1 aromatic heterocycles. The molecule has 0 aliphatic heterocycles. The summed E-state index contributed by atoms with van der Waals surface area (Å²) < 4.78 is 13.9. The van der Waals surface area contributed by atoms with Crippen molar-refractivity contribution in [3.05, 3.63) is 47.8 Å². The van der Waals surface area contributed by atoms with E-state index in [0.717, 1.165) is 0 Å². The summed E-state index contributed by atoms with van der Waals surface area (Å²) in [6.07, 6.45) is 2.73. The number of halogens is 1. The Morgan fingerprint density at radius 3 is 2.80 bits per heavy atom. The molecule has 1 aliphatic rings. The molecular formula is C14H15FN4O. The Morgan fingerprint density at radius 1 is 1.45 bits per heavy atom. The smallest absolute Gasteiger partial charge is 0.231 e. The molecule has 2 N–H and O–H groups in total. The number of rotatable bonds is 4. The first-order valence-electron chi connectivity index (χ1n) is 6.55. The first-order valence-corrected chi connectivity index (χ1v) is 6.55. The van der Waals surface area contributed by atoms with Gasteiger partial charge in [0.2, 0.25) is 5.91 Å². The lowest BCUT2D eigenvalue weighted by molar-refractivity contribution is -0.124. The molecule has 5 nitrogen and oxygen atoms in total. The second kappa shape index (κ2) is 4.70. The molecule has 1 aromatic carbocycles. The second-order valence-corrected chi connectivity index (χ2v) is 5.13. The number of hydrogen-bond acceptors (Lipinski definition) is 3. The lowest BCUT2D eigenvalue weighted by Gasteiger charge is -2.19. The number of nitrogens with one attached hydrogen (secondary N) is 2. The SMILES string of the molecule is CC(NC(=O)C1(c2ccccc2F)CC1)c1ncn[nH]1. The van der Waals surface area contributed by atoms with E-state index in [0.29, 0.717) is 24.2 Å². The predicted molar refractivity (Wildman–Crippen MR) is 70.3 cm³/mol. The molecule has 0 saturated heterocycles. The monoisotopic (exact) mass is 274 g/mol. The van der Waals surface area contributed by atoms with Crippen molar-refractivity contribution in [1.82, 2.24) is 20.5 Å². The van der Waals surface area contributed by atoms with Gasteiger partial charge in [0.1, 0.15) is 18.0 Å². The Balaban J connectivity index is 1.79. The van der Waals surface area contributed by atoms with Crippen LogP contribution in [0.15, 0.2) is 30.6 Å². The summed E-state index contributed by atoms with van der Waals surface area (Å²) in [4.78, 5) is 16.5. The van der Waals surface area contributed by atoms with Crippen LogP contribution in [0.25, 0.3) is 0 Å². The summed E-state index contributed by atoms with van der Waals surface area (Å²) in [7, 11) is 0. The van der Waals surface area contributed by atoms with Gasteiger partial charge in [-0.3, -0.25) is 9.89 Å². The number of aromatic nitrogens is 3. The molecule has 2 aromatic rings. The minimum absolute atomic E-state index is 0.161. The van der Waals surface area contributed by atoms with Crippen molar-refractivity contribution in [2.45, 2.75) is 31.2 Å². The quantitative estimate of drug-likeness (QED) is 0.894. The third kappa shape index (κ3) is 2.07. The predicted octanol–water partition coefficient (Wildman–Crippen LogP) is 1.85. The molecule has 1 saturated carbocycles. The first-order chi connectivity index (χ1) is 9.63. The number of aromatic amines is 1. The van der Waals surface area contributed by atoms with Gasteiger partial charge in [-0.25, -0.2) is 9.37 Å². The topological polar surface area (TPSA) is 70.7 Å². The van der Waals surface area contributed by atoms with Crippen molar-refractivity contribution in [1.29, 1.82) is 0 Å². The van der Waals surface area contributed by atoms with Gasteiger partial charge in [0.05, 0.1) is 11.5 Å². The van der Waals surface area contributed by atoms with E-state index in [1.54, 1.807) is 18.2 Å². The highest BCUT2D eigenvalue weighted by atomic mass is 19.1. The number of H-pyrrole nitrogens is 1. The van der Waals surface area contributed by atoms with Crippen LogP contribution in [-0.4, -0.2) is 21.1 Å². The number of carbonyl (C=O) groups is 1. The van der Waals surface area contributed by atoms with Gasteiger partial charge in [-0.2, -0.15) is 5.10 Å². The number of amides is 1. The van der Waals surface area contributed by atoms with Crippen LogP contribution >= 0.6 is 0 Å². The lowest BCUT2D eigenvalue weighted by Crippen LogP contribution is -2.37. The normalized spacial score (nSPS) is 17.5. The van der Waals surface area contributed by atoms with Crippen LogP contribution in [-0.2, 0) is 10.2 Å². The zero-order chi connectivity index (χ0) is 14.2. The highest BCUT2D eigenvalue weighted by molar-refractivity contribution is 5.91. The summed E-state index contributed by atoms with van der Waals surface area (Å²) in [5, 5.41) is 9.34. The van der Waals surface area contributed by atoms with Crippen LogP contribution in [0.1, 0.15) is 37.2 Å². The zero-order valence-corrected chi connectivity index (χ0v) is 11.1. The van der Waals surface area contributed by atoms with Crippen LogP contribution in [0.5, 0.6) is 0 Å². The number of carbonyl (C=O) groups excluding carboxylic acids is 1. The van der Waals surface area contributed by atoms with Crippen molar-refractivity contribution in [2.24, 2.45) is 0 Å². The molecular weight excluding hydrogens is 259 g/mol. The lowest BCUT2D eigenvalue weighted by atomic mass is 9.94. The molecule has 104 valence electrons. The maximum absolute atomic E-state index is 13.9. The van der Waals surface area contributed by atoms with Crippen LogP contribution in [0.3, 0.4) is 0 Å². The molecule has 6 heteroatoms. The molecule has 1 amide bonds. The molecule has 0 bridgehead atoms. The molecule has 1 heterocycles. The van der Waals surface area contributed by atoms with Gasteiger partial charge in [0.25, 0.3) is 0 Å². The van der Waals surface area contributed by atoms with Gasteiger partial charge >= 0.3 is 0 Å². The third-order valence-corrected chi connectivity index (χ3v) is 3.77. The van der Waals surface area contributed by atoms with E-state index in [9.17, 15) is 9.18 Å². The molecule has 1 fully saturated rings. The summed E-state index contributed by atoms with van der Waals surface area (Å²) in [5.41, 5.74) is -0.248. The number of benzene rings is 1. The molecule has 1 atom stereocenters. The van der Waals surface area contributed by atoms with E-state index in [1.165, 1.54) is 12.4 Å². The fourth-order valence-electron chi connectivity index (χ4n) is 2.42. The summed E-state index contributed by atoms with van der Waals surface area (Å²) in [6, 6.07) is 6.17. The van der Waals surface area contributed by atoms with E-state index < -0.39 is 5.41 Å². The van der Waals surface area contributed by atoms with E-state index in [4.69, 9.17) is 0 Å². The number of nitrogens with zero attached hydrogens (tertiary/aromatic N) is 2. The minimum Gasteiger partial charge on any atom is -0.346 e. The highest BCUT2D eigenvalue weighted by Gasteiger charge is 2.52. The maximum atomic E-state index is 13.9. The minimum atomic E-state index is -0.723. The molecule has 1 unspecified atom stereocenters. The van der Waals surface area contributed by atoms with Crippen LogP contribution < -0.4 is 5.32 Å². The average molecular weight is 274 g/mol. The third-order valence-electron chi connectivity index (χ3n) is 3.77. The Kier molecular flexibility index (Phi) is 3.00. The molecule has 20 heavy (non-hydrogen) atoms. The molecule has 0 spiro atoms. The molecule has 3 rings (SSSR count). The molecule has 0 radical (unpaired) electrons. The maximum Gasteiger partial charge on any atom is 0.231 e. The van der Waals surface area contributed by atoms with E-state index in [2.05, 4.69) is 20.5 Å². The van der Waals surface area contributed by atoms with Gasteiger partial charge < -0.3 is 5.32 Å². The second-order valence-electron chi connectivity index (χ2n) is 5.13. The van der Waals surface area contributed by atoms with Crippen LogP contribution in [0.4, 0.5) is 4.39 Å². The van der Waals surface area contributed by atoms with Gasteiger partial charge in [0.15, 0.2) is 0 Å². The Hall–Kier alpha value is -2.24. The van der Waals surface area contributed by atoms with Gasteiger partial charge in [-0.15, -0.1) is 0 Å². The van der Waals surface area contributed by atoms with Crippen LogP contribution in [0.2, 0.25) is 0 Å². The van der Waals surface area contributed by atoms with E-state index >= 15 is 0 Å². The fourth-order valence-corrected chi connectivity index (χ4v) is 2.42. The van der Waals surface area contributed by atoms with Gasteiger partial charge in [0, 0.05) is 5.56 Å². The van der Waals surface area contributed by atoms with Crippen molar-refractivity contribution < 1.29 is 9.18 Å². The highest BCUT2D eigenvalue weighted by Crippen LogP contribution is 2.49. The first kappa shape index (κ1) is 12.8. The summed E-state index contributed by atoms with van der Waals surface area (Å²) >= 11 is 0. The van der Waals surface area contributed by atoms with E-state index in [-0.39, 0.29) is 17.8 Å². The van der Waals surface area contributed by atoms with Crippen molar-refractivity contribution in [3.8, 4) is 0 Å². The Labute approximate surface area is 115 Å². The Bertz CT molecular complexity index is 622. The summed E-state index contributed by atoms with van der Waals surface area (Å²) in [6.45, 7) is 1.82. The molecule has 1 aliphatic carbocycles. The average Bonchev–Trinajstić information content (AvgIpc) is 3.05. The van der Waals surface area contributed by atoms with Crippen molar-refractivity contribution in [3.63, 3.8) is 0 Å². The zero-order valence-electron chi connectivity index (χ0n) is 11.1. The fraction of sp³-hybridized carbons (Fsp3) is 0.357. The number of hydrogen-bond donors (Lipinski definition) is 2. The summed E-state index contributed by atoms with van der Waals surface area (Å²) in [5.74, 6) is 0.0988. The van der Waals surface area contributed by atoms with Gasteiger partial charge in [-0.05, 0) is 25.8 Å². The van der Waals surface area contributed by atoms with Crippen LogP contribution in [0, 0.1) is 5.82 Å². The largest absolute Gasteiger partial charge is 0.346 e. The van der Waals surface area contributed by atoms with Crippen molar-refractivity contribution >= 4 is 5.91 Å². The van der Waals surface area contributed by atoms with E-state index in [1.807, 2.05) is 6.92 Å². The van der Waals surface area contributed by atoms with Crippen molar-refractivity contribution in [2.75, 3.05) is 0 Å². The van der Waals surface area contributed by atoms with Gasteiger partial charge in [-0.1, -0.05) is 18.2 Å².